The Morgan fingerprint density at radius 2 is 1.70 bits per heavy atom. The van der Waals surface area contributed by atoms with Gasteiger partial charge in [0.2, 0.25) is 0 Å². The van der Waals surface area contributed by atoms with E-state index in [2.05, 4.69) is 12.6 Å². The van der Waals surface area contributed by atoms with Gasteiger partial charge in [0.05, 0.1) is 6.04 Å². The van der Waals surface area contributed by atoms with Gasteiger partial charge in [-0.05, 0) is 0 Å². The second-order valence-electron chi connectivity index (χ2n) is 3.92. The molecule has 0 fully saturated rings. The molecule has 0 aliphatic rings. The van der Waals surface area contributed by atoms with Crippen LogP contribution in [0.4, 0.5) is 0 Å². The van der Waals surface area contributed by atoms with Crippen LogP contribution >= 0.6 is 34.2 Å². The minimum atomic E-state index is -2.13. The van der Waals surface area contributed by atoms with Gasteiger partial charge in [-0.1, -0.05) is 21.6 Å². The van der Waals surface area contributed by atoms with E-state index in [9.17, 15) is 14.4 Å². The number of thiol groups is 1. The number of aliphatic carboxylic acids is 2. The number of rotatable bonds is 10. The largest absolute Gasteiger partial charge is 0.480 e. The Bertz CT molecular complexity index is 384. The smallest absolute Gasteiger partial charge is 0.332 e. The topological polar surface area (TPSA) is 170 Å². The van der Waals surface area contributed by atoms with Crippen LogP contribution in [0.1, 0.15) is 0 Å². The Hall–Kier alpha value is -0.460. The first kappa shape index (κ1) is 19.5. The third-order valence-electron chi connectivity index (χ3n) is 2.29. The van der Waals surface area contributed by atoms with Crippen LogP contribution in [0.25, 0.3) is 0 Å². The van der Waals surface area contributed by atoms with Crippen molar-refractivity contribution in [3.05, 3.63) is 0 Å². The van der Waals surface area contributed by atoms with Crippen molar-refractivity contribution >= 4 is 51.9 Å². The summed E-state index contributed by atoms with van der Waals surface area (Å²) in [6.45, 7) is 0. The van der Waals surface area contributed by atoms with Gasteiger partial charge in [-0.2, -0.15) is 12.6 Å². The first-order chi connectivity index (χ1) is 9.16. The van der Waals surface area contributed by atoms with E-state index in [1.807, 2.05) is 0 Å². The minimum Gasteiger partial charge on any atom is -0.480 e. The molecule has 0 aromatic heterocycles. The third kappa shape index (κ3) is 5.50. The number of carbonyl (C=O) groups excluding carboxylic acids is 1. The van der Waals surface area contributed by atoms with E-state index in [4.69, 9.17) is 27.4 Å². The number of carbonyl (C=O) groups is 3. The maximum absolute atomic E-state index is 11.9. The quantitative estimate of drug-likeness (QED) is 0.117. The predicted molar refractivity (Wildman–Crippen MR) is 81.9 cm³/mol. The minimum absolute atomic E-state index is 0.0211. The zero-order valence-electron chi connectivity index (χ0n) is 10.4. The molecule has 20 heavy (non-hydrogen) atoms. The predicted octanol–water partition coefficient (Wildman–Crippen LogP) is -1.61. The number of carboxylic acid groups (broad SMARTS) is 2. The lowest BCUT2D eigenvalue weighted by Crippen LogP contribution is -2.62. The second kappa shape index (κ2) is 8.74. The summed E-state index contributed by atoms with van der Waals surface area (Å²) in [6, 6.07) is -2.15. The van der Waals surface area contributed by atoms with E-state index in [0.29, 0.717) is 0 Å². The highest BCUT2D eigenvalue weighted by Gasteiger charge is 2.44. The summed E-state index contributed by atoms with van der Waals surface area (Å²) < 4.78 is 0. The van der Waals surface area contributed by atoms with Gasteiger partial charge < -0.3 is 27.4 Å². The molecule has 0 saturated carbocycles. The van der Waals surface area contributed by atoms with Gasteiger partial charge in [0.1, 0.15) is 6.04 Å². The molecule has 1 unspecified atom stereocenters. The third-order valence-corrected chi connectivity index (χ3v) is 5.18. The van der Waals surface area contributed by atoms with Gasteiger partial charge in [-0.3, -0.25) is 9.59 Å². The van der Waals surface area contributed by atoms with Crippen molar-refractivity contribution in [1.82, 2.24) is 0 Å². The lowest BCUT2D eigenvalue weighted by atomic mass is 9.93. The van der Waals surface area contributed by atoms with Crippen molar-refractivity contribution < 1.29 is 24.6 Å². The highest BCUT2D eigenvalue weighted by atomic mass is 33.1. The maximum Gasteiger partial charge on any atom is 0.332 e. The highest BCUT2D eigenvalue weighted by Crippen LogP contribution is 2.26. The van der Waals surface area contributed by atoms with Crippen LogP contribution in [0.15, 0.2) is 0 Å². The number of hydrogen-bond donors (Lipinski definition) is 6. The van der Waals surface area contributed by atoms with Gasteiger partial charge >= 0.3 is 11.9 Å². The lowest BCUT2D eigenvalue weighted by molar-refractivity contribution is -0.147. The van der Waals surface area contributed by atoms with Gasteiger partial charge in [0.25, 0.3) is 0 Å². The standard InChI is InChI=1S/C9H17N3O5S3/c10-4(1-18)6(13)9(12,8(16)17)3-20-19-2-5(11)7(14)15/h4-5,18H,1-3,10-12H2,(H,14,15)(H,16,17)/t4?,5-,9+/m0/s1. The SMILES string of the molecule is NC(CS)C(=O)[C@](N)(CSSC[C@H](N)C(=O)O)C(=O)O. The van der Waals surface area contributed by atoms with Gasteiger partial charge in [0, 0.05) is 17.3 Å². The summed E-state index contributed by atoms with van der Waals surface area (Å²) >= 11 is 3.83. The normalized spacial score (nSPS) is 17.0. The van der Waals surface area contributed by atoms with E-state index in [1.165, 1.54) is 0 Å². The van der Waals surface area contributed by atoms with Crippen LogP contribution in [0, 0.1) is 0 Å². The molecule has 3 atom stereocenters. The average molecular weight is 343 g/mol. The van der Waals surface area contributed by atoms with Gasteiger partial charge in [0.15, 0.2) is 11.3 Å². The Balaban J connectivity index is 4.53. The van der Waals surface area contributed by atoms with Crippen LogP contribution in [0.5, 0.6) is 0 Å². The van der Waals surface area contributed by atoms with E-state index in [0.717, 1.165) is 21.6 Å². The van der Waals surface area contributed by atoms with Crippen molar-refractivity contribution in [3.63, 3.8) is 0 Å². The van der Waals surface area contributed by atoms with Crippen molar-refractivity contribution in [2.75, 3.05) is 17.3 Å². The first-order valence-corrected chi connectivity index (χ1v) is 8.44. The molecule has 0 saturated heterocycles. The van der Waals surface area contributed by atoms with E-state index < -0.39 is 35.3 Å². The summed E-state index contributed by atoms with van der Waals surface area (Å²) in [5.41, 5.74) is 14.2. The highest BCUT2D eigenvalue weighted by molar-refractivity contribution is 8.76. The van der Waals surface area contributed by atoms with Crippen molar-refractivity contribution in [2.24, 2.45) is 17.2 Å². The molecule has 0 radical (unpaired) electrons. The molecule has 0 bridgehead atoms. The van der Waals surface area contributed by atoms with Crippen molar-refractivity contribution in [3.8, 4) is 0 Å². The number of nitrogens with two attached hydrogens (primary N) is 3. The van der Waals surface area contributed by atoms with Crippen molar-refractivity contribution in [1.29, 1.82) is 0 Å². The zero-order chi connectivity index (χ0) is 15.9. The number of Topliss-reactive ketones (excluding diaryl/α,β-unsaturated/α-hetero) is 1. The molecule has 0 amide bonds. The van der Waals surface area contributed by atoms with Gasteiger partial charge in [-0.15, -0.1) is 0 Å². The van der Waals surface area contributed by atoms with E-state index >= 15 is 0 Å². The summed E-state index contributed by atoms with van der Waals surface area (Å²) in [5.74, 6) is -3.69. The zero-order valence-corrected chi connectivity index (χ0v) is 12.9. The summed E-state index contributed by atoms with van der Waals surface area (Å²) in [7, 11) is 1.98. The molecule has 8 N–H and O–H groups in total. The molecule has 0 aromatic carbocycles. The van der Waals surface area contributed by atoms with Crippen LogP contribution in [0.3, 0.4) is 0 Å². The van der Waals surface area contributed by atoms with Crippen LogP contribution in [-0.4, -0.2) is 62.8 Å². The molecule has 11 heteroatoms. The number of hydrogen-bond acceptors (Lipinski definition) is 9. The Morgan fingerprint density at radius 3 is 2.10 bits per heavy atom. The molecule has 0 aliphatic heterocycles. The number of ketones is 1. The molecule has 0 spiro atoms. The lowest BCUT2D eigenvalue weighted by Gasteiger charge is -2.25. The molecule has 0 rings (SSSR count). The molecule has 8 nitrogen and oxygen atoms in total. The fourth-order valence-electron chi connectivity index (χ4n) is 0.979. The van der Waals surface area contributed by atoms with Crippen LogP contribution in [0.2, 0.25) is 0 Å². The average Bonchev–Trinajstić information content (AvgIpc) is 2.40. The fourth-order valence-corrected chi connectivity index (χ4v) is 3.60. The maximum atomic E-state index is 11.9. The summed E-state index contributed by atoms with van der Waals surface area (Å²) in [4.78, 5) is 33.5. The monoisotopic (exact) mass is 343 g/mol. The second-order valence-corrected chi connectivity index (χ2v) is 6.79. The fraction of sp³-hybridized carbons (Fsp3) is 0.667. The molecular weight excluding hydrogens is 326 g/mol. The number of carboxylic acids is 2. The molecule has 116 valence electrons. The van der Waals surface area contributed by atoms with Gasteiger partial charge in [-0.25, -0.2) is 4.79 Å². The Labute approximate surface area is 129 Å². The Morgan fingerprint density at radius 1 is 1.15 bits per heavy atom. The Kier molecular flexibility index (Phi) is 8.54. The molecule has 0 aliphatic carbocycles. The van der Waals surface area contributed by atoms with E-state index in [1.54, 1.807) is 0 Å². The summed E-state index contributed by atoms with van der Waals surface area (Å²) in [5, 5.41) is 17.7. The summed E-state index contributed by atoms with van der Waals surface area (Å²) in [6.07, 6.45) is 0. The van der Waals surface area contributed by atoms with Crippen LogP contribution in [-0.2, 0) is 14.4 Å². The molecule has 0 aromatic rings. The van der Waals surface area contributed by atoms with Crippen molar-refractivity contribution in [2.45, 2.75) is 17.6 Å². The first-order valence-electron chi connectivity index (χ1n) is 5.32. The van der Waals surface area contributed by atoms with E-state index in [-0.39, 0.29) is 17.3 Å². The molecule has 0 heterocycles. The molecular formula is C9H17N3O5S3. The van der Waals surface area contributed by atoms with Crippen LogP contribution < -0.4 is 17.2 Å².